The van der Waals surface area contributed by atoms with E-state index in [4.69, 9.17) is 11.6 Å². The number of hydrogen-bond donors (Lipinski definition) is 3. The Morgan fingerprint density at radius 3 is 2.65 bits per heavy atom. The highest BCUT2D eigenvalue weighted by Crippen LogP contribution is 2.46. The van der Waals surface area contributed by atoms with E-state index in [2.05, 4.69) is 5.10 Å². The summed E-state index contributed by atoms with van der Waals surface area (Å²) in [6.45, 7) is 2.50. The first-order valence-electron chi connectivity index (χ1n) is 14.4. The van der Waals surface area contributed by atoms with Crippen LogP contribution in [0.1, 0.15) is 37.3 Å². The van der Waals surface area contributed by atoms with Gasteiger partial charge in [-0.25, -0.2) is 4.68 Å². The number of fused-ring (bicyclic) bond motifs is 2. The van der Waals surface area contributed by atoms with Gasteiger partial charge in [0, 0.05) is 29.5 Å². The molecule has 10 heteroatoms. The molecular weight excluding hydrogens is 568 g/mol. The summed E-state index contributed by atoms with van der Waals surface area (Å²) in [6.07, 6.45) is 5.14. The molecule has 3 atom stereocenters. The zero-order chi connectivity index (χ0) is 30.3. The molecule has 0 saturated carbocycles. The Kier molecular flexibility index (Phi) is 7.72. The van der Waals surface area contributed by atoms with Gasteiger partial charge in [0.1, 0.15) is 0 Å². The Morgan fingerprint density at radius 1 is 1.14 bits per heavy atom. The van der Waals surface area contributed by atoms with Crippen molar-refractivity contribution in [2.75, 3.05) is 18.1 Å². The van der Waals surface area contributed by atoms with Crippen molar-refractivity contribution >= 4 is 40.0 Å². The maximum Gasteiger partial charge on any atom is 0.279 e. The lowest BCUT2D eigenvalue weighted by Gasteiger charge is -2.28. The number of rotatable bonds is 8. The van der Waals surface area contributed by atoms with Crippen LogP contribution in [0, 0.1) is 5.92 Å². The fourth-order valence-electron chi connectivity index (χ4n) is 6.23. The Morgan fingerprint density at radius 2 is 1.91 bits per heavy atom. The number of likely N-dealkylation sites (tertiary alicyclic amines) is 1. The van der Waals surface area contributed by atoms with E-state index in [0.717, 1.165) is 23.9 Å². The average Bonchev–Trinajstić information content (AvgIpc) is 3.69. The second-order valence-corrected chi connectivity index (χ2v) is 11.7. The molecule has 3 heterocycles. The second-order valence-electron chi connectivity index (χ2n) is 11.3. The summed E-state index contributed by atoms with van der Waals surface area (Å²) >= 11 is 6.31. The monoisotopic (exact) mass is 600 g/mol. The zero-order valence-electron chi connectivity index (χ0n) is 23.7. The summed E-state index contributed by atoms with van der Waals surface area (Å²) in [4.78, 5) is 42.7. The minimum Gasteiger partial charge on any atom is -0.394 e. The van der Waals surface area contributed by atoms with E-state index < -0.39 is 17.4 Å². The predicted molar refractivity (Wildman–Crippen MR) is 165 cm³/mol. The van der Waals surface area contributed by atoms with Crippen LogP contribution < -0.4 is 10.5 Å². The Bertz CT molecular complexity index is 1780. The number of aliphatic hydroxyl groups is 2. The highest BCUT2D eigenvalue weighted by atomic mass is 35.5. The number of carbonyl (C=O) groups is 2. The summed E-state index contributed by atoms with van der Waals surface area (Å²) in [5.41, 5.74) is 1.16. The summed E-state index contributed by atoms with van der Waals surface area (Å²) in [7, 11) is 0. The molecule has 3 N–H and O–H groups in total. The number of nitrogens with one attached hydrogen (secondary N) is 1. The van der Waals surface area contributed by atoms with Gasteiger partial charge in [-0.3, -0.25) is 19.5 Å². The maximum absolute atomic E-state index is 13.9. The molecule has 1 saturated heterocycles. The van der Waals surface area contributed by atoms with Crippen LogP contribution in [0.25, 0.3) is 16.6 Å². The lowest BCUT2D eigenvalue weighted by atomic mass is 9.83. The van der Waals surface area contributed by atoms with E-state index in [9.17, 15) is 24.6 Å². The highest BCUT2D eigenvalue weighted by Gasteiger charge is 2.52. The van der Waals surface area contributed by atoms with Crippen LogP contribution in [0.15, 0.2) is 83.7 Å². The molecular formula is C33H33ClN4O5. The van der Waals surface area contributed by atoms with Crippen LogP contribution in [0.3, 0.4) is 0 Å². The number of carbonyl (C=O) groups excluding carboxylic acids is 2. The molecule has 2 aliphatic heterocycles. The first-order chi connectivity index (χ1) is 20.7. The second kappa shape index (κ2) is 11.5. The van der Waals surface area contributed by atoms with Crippen LogP contribution in [0.5, 0.6) is 0 Å². The van der Waals surface area contributed by atoms with E-state index in [1.807, 2.05) is 42.5 Å². The van der Waals surface area contributed by atoms with Crippen molar-refractivity contribution in [1.82, 2.24) is 14.7 Å². The summed E-state index contributed by atoms with van der Waals surface area (Å²) < 4.78 is 1.48. The molecule has 2 amide bonds. The van der Waals surface area contributed by atoms with Crippen molar-refractivity contribution in [2.45, 2.75) is 44.4 Å². The zero-order valence-corrected chi connectivity index (χ0v) is 24.5. The van der Waals surface area contributed by atoms with Crippen LogP contribution in [0.4, 0.5) is 5.69 Å². The third-order valence-corrected chi connectivity index (χ3v) is 8.88. The van der Waals surface area contributed by atoms with Crippen molar-refractivity contribution in [1.29, 1.82) is 0 Å². The molecule has 3 aromatic carbocycles. The van der Waals surface area contributed by atoms with Gasteiger partial charge in [-0.05, 0) is 60.9 Å². The smallest absolute Gasteiger partial charge is 0.279 e. The van der Waals surface area contributed by atoms with Gasteiger partial charge in [0.15, 0.2) is 5.60 Å². The number of anilines is 1. The lowest BCUT2D eigenvalue weighted by molar-refractivity contribution is -0.139. The minimum absolute atomic E-state index is 0.0578. The molecule has 1 fully saturated rings. The van der Waals surface area contributed by atoms with Crippen molar-refractivity contribution < 1.29 is 19.8 Å². The van der Waals surface area contributed by atoms with E-state index >= 15 is 0 Å². The van der Waals surface area contributed by atoms with Crippen molar-refractivity contribution in [3.63, 3.8) is 0 Å². The van der Waals surface area contributed by atoms with Crippen LogP contribution in [-0.2, 0) is 21.7 Å². The van der Waals surface area contributed by atoms with Crippen molar-refractivity contribution in [3.8, 4) is 5.69 Å². The number of benzene rings is 3. The predicted octanol–water partition coefficient (Wildman–Crippen LogP) is 4.27. The molecule has 0 bridgehead atoms. The van der Waals surface area contributed by atoms with Gasteiger partial charge in [0.2, 0.25) is 5.91 Å². The highest BCUT2D eigenvalue weighted by molar-refractivity contribution is 6.31. The van der Waals surface area contributed by atoms with Gasteiger partial charge in [-0.2, -0.15) is 0 Å². The van der Waals surface area contributed by atoms with E-state index in [0.29, 0.717) is 33.9 Å². The SMILES string of the molecule is C[C@H](/C=C/CC(=O)N1CCC[C@H]1CO)[C@@]1(O)C(=O)N(Cc2ccc(-n3[nH]c4ccccc4c3=O)cc2)c2ccc(Cl)cc21. The normalized spacial score (nSPS) is 20.8. The molecule has 1 aromatic heterocycles. The van der Waals surface area contributed by atoms with E-state index in [1.54, 1.807) is 53.1 Å². The molecule has 0 aliphatic carbocycles. The minimum atomic E-state index is -1.88. The molecule has 4 aromatic rings. The Balaban J connectivity index is 1.22. The summed E-state index contributed by atoms with van der Waals surface area (Å²) in [5, 5.41) is 25.6. The summed E-state index contributed by atoms with van der Waals surface area (Å²) in [5.74, 6) is -1.23. The summed E-state index contributed by atoms with van der Waals surface area (Å²) in [6, 6.07) is 19.5. The molecule has 0 unspecified atom stereocenters. The van der Waals surface area contributed by atoms with Gasteiger partial charge in [0.05, 0.1) is 41.5 Å². The van der Waals surface area contributed by atoms with Crippen LogP contribution in [0.2, 0.25) is 5.02 Å². The standard InChI is InChI=1S/C33H33ClN4O5/c1-21(6-4-10-30(40)36-17-5-7-25(36)20-39)33(43)27-18-23(34)13-16-29(27)37(32(33)42)19-22-11-14-24(15-12-22)38-31(41)26-8-2-3-9-28(26)35-38/h2-4,6,8-9,11-16,18,21,25,35,39,43H,5,7,10,17,19-20H2,1H3/b6-4+/t21-,25+,33+/m1/s1. The molecule has 43 heavy (non-hydrogen) atoms. The molecule has 222 valence electrons. The first kappa shape index (κ1) is 28.9. The van der Waals surface area contributed by atoms with Crippen molar-refractivity contribution in [2.24, 2.45) is 5.92 Å². The third kappa shape index (κ3) is 5.07. The van der Waals surface area contributed by atoms with Gasteiger partial charge in [-0.15, -0.1) is 0 Å². The van der Waals surface area contributed by atoms with Gasteiger partial charge < -0.3 is 20.0 Å². The largest absolute Gasteiger partial charge is 0.394 e. The molecule has 0 radical (unpaired) electrons. The number of hydrogen-bond acceptors (Lipinski definition) is 5. The number of halogens is 1. The topological polar surface area (TPSA) is 119 Å². The van der Waals surface area contributed by atoms with Crippen LogP contribution in [-0.4, -0.2) is 55.9 Å². The Labute approximate surface area is 253 Å². The van der Waals surface area contributed by atoms with Crippen LogP contribution >= 0.6 is 11.6 Å². The van der Waals surface area contributed by atoms with Crippen molar-refractivity contribution in [3.05, 3.63) is 105 Å². The molecule has 0 spiro atoms. The van der Waals surface area contributed by atoms with Gasteiger partial charge in [-0.1, -0.05) is 54.9 Å². The third-order valence-electron chi connectivity index (χ3n) is 8.64. The fraction of sp³-hybridized carbons (Fsp3) is 0.303. The van der Waals surface area contributed by atoms with E-state index in [-0.39, 0.29) is 37.1 Å². The van der Waals surface area contributed by atoms with Gasteiger partial charge in [0.25, 0.3) is 11.5 Å². The number of aromatic nitrogens is 2. The first-order valence-corrected chi connectivity index (χ1v) is 14.8. The molecule has 6 rings (SSSR count). The number of para-hydroxylation sites is 1. The molecule has 9 nitrogen and oxygen atoms in total. The number of H-pyrrole nitrogens is 1. The fourth-order valence-corrected chi connectivity index (χ4v) is 6.41. The number of aliphatic hydroxyl groups excluding tert-OH is 1. The quantitative estimate of drug-likeness (QED) is 0.261. The Hall–Kier alpha value is -4.18. The number of nitrogens with zero attached hydrogens (tertiary/aromatic N) is 3. The number of amides is 2. The van der Waals surface area contributed by atoms with E-state index in [1.165, 1.54) is 4.68 Å². The van der Waals surface area contributed by atoms with Gasteiger partial charge >= 0.3 is 0 Å². The average molecular weight is 601 g/mol. The number of aromatic amines is 1. The lowest BCUT2D eigenvalue weighted by Crippen LogP contribution is -2.44. The molecule has 2 aliphatic rings. The maximum atomic E-state index is 13.9.